The highest BCUT2D eigenvalue weighted by Crippen LogP contribution is 2.37. The third-order valence-corrected chi connectivity index (χ3v) is 5.72. The van der Waals surface area contributed by atoms with E-state index in [1.807, 2.05) is 24.3 Å². The van der Waals surface area contributed by atoms with Gasteiger partial charge in [-0.3, -0.25) is 9.59 Å². The predicted octanol–water partition coefficient (Wildman–Crippen LogP) is 3.10. The number of hydrogen-bond acceptors (Lipinski definition) is 4. The van der Waals surface area contributed by atoms with Crippen LogP contribution in [0, 0.1) is 5.82 Å². The second kappa shape index (κ2) is 7.44. The summed E-state index contributed by atoms with van der Waals surface area (Å²) in [6.07, 6.45) is 1.42. The van der Waals surface area contributed by atoms with Crippen molar-refractivity contribution in [3.05, 3.63) is 65.3 Å². The molecule has 0 aromatic heterocycles. The van der Waals surface area contributed by atoms with E-state index in [0.717, 1.165) is 16.3 Å². The molecule has 0 spiro atoms. The average molecular weight is 383 g/mol. The lowest BCUT2D eigenvalue weighted by molar-refractivity contribution is -0.126. The number of amides is 2. The zero-order chi connectivity index (χ0) is 18.8. The molecule has 0 atom stereocenters. The largest absolute Gasteiger partial charge is 0.368 e. The summed E-state index contributed by atoms with van der Waals surface area (Å²) in [6, 6.07) is 13.9. The number of piperazine rings is 1. The molecular formula is C20H18FN3O2S. The maximum Gasteiger partial charge on any atom is 0.262 e. The molecule has 0 aliphatic carbocycles. The van der Waals surface area contributed by atoms with Crippen LogP contribution in [0.1, 0.15) is 0 Å². The lowest BCUT2D eigenvalue weighted by Gasteiger charge is -2.35. The van der Waals surface area contributed by atoms with Crippen LogP contribution < -0.4 is 10.2 Å². The van der Waals surface area contributed by atoms with E-state index in [2.05, 4.69) is 10.2 Å². The number of halogens is 1. The quantitative estimate of drug-likeness (QED) is 0.810. The van der Waals surface area contributed by atoms with Gasteiger partial charge in [-0.2, -0.15) is 0 Å². The SMILES string of the molecule is O=C1Nc2ccccc2S/C1=C\C(=O)N1CCN(c2ccc(F)cc2)CC1. The van der Waals surface area contributed by atoms with Gasteiger partial charge in [0, 0.05) is 42.8 Å². The fraction of sp³-hybridized carbons (Fsp3) is 0.200. The highest BCUT2D eigenvalue weighted by molar-refractivity contribution is 8.04. The average Bonchev–Trinajstić information content (AvgIpc) is 2.69. The monoisotopic (exact) mass is 383 g/mol. The van der Waals surface area contributed by atoms with Crippen molar-refractivity contribution in [2.24, 2.45) is 0 Å². The third kappa shape index (κ3) is 3.83. The maximum atomic E-state index is 13.1. The van der Waals surface area contributed by atoms with Gasteiger partial charge < -0.3 is 15.1 Å². The Balaban J connectivity index is 1.40. The van der Waals surface area contributed by atoms with Gasteiger partial charge in [-0.15, -0.1) is 0 Å². The predicted molar refractivity (Wildman–Crippen MR) is 104 cm³/mol. The number of carbonyl (C=O) groups excluding carboxylic acids is 2. The fourth-order valence-corrected chi connectivity index (χ4v) is 4.06. The number of rotatable bonds is 2. The molecule has 4 rings (SSSR count). The van der Waals surface area contributed by atoms with E-state index in [1.165, 1.54) is 30.0 Å². The molecule has 1 N–H and O–H groups in total. The molecule has 2 aliphatic heterocycles. The minimum absolute atomic E-state index is 0.161. The summed E-state index contributed by atoms with van der Waals surface area (Å²) in [7, 11) is 0. The molecule has 2 heterocycles. The van der Waals surface area contributed by atoms with E-state index in [-0.39, 0.29) is 17.6 Å². The molecule has 2 aromatic rings. The molecular weight excluding hydrogens is 365 g/mol. The first-order valence-corrected chi connectivity index (χ1v) is 9.51. The summed E-state index contributed by atoms with van der Waals surface area (Å²) in [5.41, 5.74) is 1.71. The van der Waals surface area contributed by atoms with Crippen molar-refractivity contribution in [3.8, 4) is 0 Å². The molecule has 2 aliphatic rings. The Bertz CT molecular complexity index is 906. The lowest BCUT2D eigenvalue weighted by Crippen LogP contribution is -2.48. The van der Waals surface area contributed by atoms with Crippen molar-refractivity contribution in [1.29, 1.82) is 0 Å². The molecule has 138 valence electrons. The third-order valence-electron chi connectivity index (χ3n) is 4.62. The summed E-state index contributed by atoms with van der Waals surface area (Å²) >= 11 is 1.31. The van der Waals surface area contributed by atoms with Gasteiger partial charge in [0.1, 0.15) is 5.82 Å². The van der Waals surface area contributed by atoms with Gasteiger partial charge in [0.25, 0.3) is 5.91 Å². The van der Waals surface area contributed by atoms with Gasteiger partial charge in [-0.25, -0.2) is 4.39 Å². The summed E-state index contributed by atoms with van der Waals surface area (Å²) in [6.45, 7) is 2.46. The van der Waals surface area contributed by atoms with Gasteiger partial charge in [0.15, 0.2) is 0 Å². The van der Waals surface area contributed by atoms with Crippen LogP contribution in [0.5, 0.6) is 0 Å². The van der Waals surface area contributed by atoms with Gasteiger partial charge in [-0.1, -0.05) is 23.9 Å². The van der Waals surface area contributed by atoms with Crippen LogP contribution in [0.4, 0.5) is 15.8 Å². The molecule has 2 aromatic carbocycles. The number of para-hydroxylation sites is 1. The Hall–Kier alpha value is -2.80. The normalized spacial score (nSPS) is 18.3. The van der Waals surface area contributed by atoms with E-state index in [4.69, 9.17) is 0 Å². The lowest BCUT2D eigenvalue weighted by atomic mass is 10.2. The highest BCUT2D eigenvalue weighted by Gasteiger charge is 2.25. The van der Waals surface area contributed by atoms with Crippen LogP contribution in [0.25, 0.3) is 0 Å². The van der Waals surface area contributed by atoms with Crippen LogP contribution >= 0.6 is 11.8 Å². The first-order valence-electron chi connectivity index (χ1n) is 8.69. The molecule has 0 radical (unpaired) electrons. The minimum Gasteiger partial charge on any atom is -0.368 e. The number of nitrogens with one attached hydrogen (secondary N) is 1. The zero-order valence-corrected chi connectivity index (χ0v) is 15.3. The molecule has 7 heteroatoms. The first kappa shape index (κ1) is 17.6. The second-order valence-corrected chi connectivity index (χ2v) is 7.43. The molecule has 5 nitrogen and oxygen atoms in total. The number of thioether (sulfide) groups is 1. The maximum absolute atomic E-state index is 13.1. The molecule has 2 amide bonds. The van der Waals surface area contributed by atoms with E-state index < -0.39 is 0 Å². The van der Waals surface area contributed by atoms with Crippen LogP contribution in [-0.4, -0.2) is 42.9 Å². The van der Waals surface area contributed by atoms with Crippen molar-refractivity contribution in [3.63, 3.8) is 0 Å². The fourth-order valence-electron chi connectivity index (χ4n) is 3.14. The Kier molecular flexibility index (Phi) is 4.85. The number of hydrogen-bond donors (Lipinski definition) is 1. The molecule has 1 fully saturated rings. The highest BCUT2D eigenvalue weighted by atomic mass is 32.2. The summed E-state index contributed by atoms with van der Waals surface area (Å²) in [5, 5.41) is 2.81. The van der Waals surface area contributed by atoms with E-state index >= 15 is 0 Å². The molecule has 27 heavy (non-hydrogen) atoms. The number of anilines is 2. The summed E-state index contributed by atoms with van der Waals surface area (Å²) < 4.78 is 13.1. The summed E-state index contributed by atoms with van der Waals surface area (Å²) in [5.74, 6) is -0.674. The molecule has 0 bridgehead atoms. The topological polar surface area (TPSA) is 52.7 Å². The Morgan fingerprint density at radius 3 is 2.48 bits per heavy atom. The van der Waals surface area contributed by atoms with Crippen LogP contribution in [-0.2, 0) is 9.59 Å². The second-order valence-electron chi connectivity index (χ2n) is 6.35. The van der Waals surface area contributed by atoms with Crippen LogP contribution in [0.15, 0.2) is 64.4 Å². The van der Waals surface area contributed by atoms with Crippen molar-refractivity contribution in [2.45, 2.75) is 4.90 Å². The van der Waals surface area contributed by atoms with Gasteiger partial charge >= 0.3 is 0 Å². The van der Waals surface area contributed by atoms with Crippen LogP contribution in [0.2, 0.25) is 0 Å². The molecule has 0 saturated carbocycles. The standard InChI is InChI=1S/C20H18FN3O2S/c21-14-5-7-15(8-6-14)23-9-11-24(12-10-23)19(25)13-18-20(26)22-16-3-1-2-4-17(16)27-18/h1-8,13H,9-12H2,(H,22,26)/b18-13-. The van der Waals surface area contributed by atoms with E-state index in [9.17, 15) is 14.0 Å². The Morgan fingerprint density at radius 2 is 1.74 bits per heavy atom. The molecule has 1 saturated heterocycles. The van der Waals surface area contributed by atoms with E-state index in [0.29, 0.717) is 31.1 Å². The van der Waals surface area contributed by atoms with Gasteiger partial charge in [-0.05, 0) is 36.4 Å². The Morgan fingerprint density at radius 1 is 1.04 bits per heavy atom. The smallest absolute Gasteiger partial charge is 0.262 e. The Labute approximate surface area is 160 Å². The van der Waals surface area contributed by atoms with Crippen molar-refractivity contribution < 1.29 is 14.0 Å². The van der Waals surface area contributed by atoms with Crippen molar-refractivity contribution in [2.75, 3.05) is 36.4 Å². The number of carbonyl (C=O) groups is 2. The molecule has 0 unspecified atom stereocenters. The first-order chi connectivity index (χ1) is 13.1. The van der Waals surface area contributed by atoms with Crippen molar-refractivity contribution in [1.82, 2.24) is 4.90 Å². The number of nitrogens with zero attached hydrogens (tertiary/aromatic N) is 2. The zero-order valence-electron chi connectivity index (χ0n) is 14.5. The van der Waals surface area contributed by atoms with Crippen LogP contribution in [0.3, 0.4) is 0 Å². The minimum atomic E-state index is -0.260. The summed E-state index contributed by atoms with van der Waals surface area (Å²) in [4.78, 5) is 30.0. The number of benzene rings is 2. The van der Waals surface area contributed by atoms with Gasteiger partial charge in [0.2, 0.25) is 5.91 Å². The van der Waals surface area contributed by atoms with Gasteiger partial charge in [0.05, 0.1) is 10.6 Å². The van der Waals surface area contributed by atoms with E-state index in [1.54, 1.807) is 17.0 Å². The van der Waals surface area contributed by atoms with Crippen molar-refractivity contribution >= 4 is 35.0 Å². The number of fused-ring (bicyclic) bond motifs is 1.